The van der Waals surface area contributed by atoms with Gasteiger partial charge in [0, 0.05) is 12.0 Å². The molecule has 1 aromatic carbocycles. The molecule has 4 atom stereocenters. The maximum Gasteiger partial charge on any atom is 0.0710 e. The number of benzene rings is 1. The number of rotatable bonds is 2. The number of aliphatic hydroxyl groups is 2. The standard InChI is InChI=1S/C17H24O2/c1-16-9-7-14(13-5-3-2-4-6-13)11-17(16,19)10-8-15(16)12-18/h2-6,14-15,18-19H,7-12H2,1H3/t14-,15+,16+,17-/m0/s1. The lowest BCUT2D eigenvalue weighted by atomic mass is 9.59. The van der Waals surface area contributed by atoms with E-state index in [2.05, 4.69) is 31.2 Å². The minimum Gasteiger partial charge on any atom is -0.396 e. The molecule has 2 N–H and O–H groups in total. The number of aliphatic hydroxyl groups excluding tert-OH is 1. The molecule has 2 aliphatic carbocycles. The van der Waals surface area contributed by atoms with E-state index in [0.717, 1.165) is 32.1 Å². The van der Waals surface area contributed by atoms with Crippen LogP contribution >= 0.6 is 0 Å². The fourth-order valence-corrected chi connectivity index (χ4v) is 4.46. The average molecular weight is 260 g/mol. The van der Waals surface area contributed by atoms with E-state index in [0.29, 0.717) is 5.92 Å². The fourth-order valence-electron chi connectivity index (χ4n) is 4.46. The summed E-state index contributed by atoms with van der Waals surface area (Å²) in [5.41, 5.74) is 0.678. The average Bonchev–Trinajstić information content (AvgIpc) is 2.70. The summed E-state index contributed by atoms with van der Waals surface area (Å²) in [5, 5.41) is 20.6. The molecule has 0 heterocycles. The Morgan fingerprint density at radius 1 is 1.16 bits per heavy atom. The van der Waals surface area contributed by atoms with Crippen LogP contribution in [0.15, 0.2) is 30.3 Å². The van der Waals surface area contributed by atoms with Crippen molar-refractivity contribution in [1.82, 2.24) is 0 Å². The van der Waals surface area contributed by atoms with E-state index in [1.165, 1.54) is 5.56 Å². The first kappa shape index (κ1) is 13.1. The van der Waals surface area contributed by atoms with Gasteiger partial charge in [0.15, 0.2) is 0 Å². The smallest absolute Gasteiger partial charge is 0.0710 e. The van der Waals surface area contributed by atoms with Gasteiger partial charge in [0.05, 0.1) is 5.60 Å². The molecule has 0 bridgehead atoms. The lowest BCUT2D eigenvalue weighted by Crippen LogP contribution is -2.49. The van der Waals surface area contributed by atoms with Crippen molar-refractivity contribution in [3.8, 4) is 0 Å². The Bertz CT molecular complexity index is 444. The van der Waals surface area contributed by atoms with E-state index in [1.54, 1.807) is 0 Å². The molecule has 0 aromatic heterocycles. The molecule has 0 unspecified atom stereocenters. The molecule has 2 fully saturated rings. The highest BCUT2D eigenvalue weighted by atomic mass is 16.3. The van der Waals surface area contributed by atoms with Crippen molar-refractivity contribution in [2.45, 2.75) is 50.5 Å². The van der Waals surface area contributed by atoms with E-state index < -0.39 is 5.60 Å². The third kappa shape index (κ3) is 1.93. The highest BCUT2D eigenvalue weighted by Gasteiger charge is 2.58. The summed E-state index contributed by atoms with van der Waals surface area (Å²) in [6.07, 6.45) is 4.81. The van der Waals surface area contributed by atoms with Gasteiger partial charge in [0.1, 0.15) is 0 Å². The number of fused-ring (bicyclic) bond motifs is 1. The van der Waals surface area contributed by atoms with Crippen molar-refractivity contribution in [2.24, 2.45) is 11.3 Å². The van der Waals surface area contributed by atoms with Crippen LogP contribution in [-0.2, 0) is 0 Å². The summed E-state index contributed by atoms with van der Waals surface area (Å²) >= 11 is 0. The normalized spacial score (nSPS) is 42.1. The second-order valence-corrected chi connectivity index (χ2v) is 6.72. The topological polar surface area (TPSA) is 40.5 Å². The third-order valence-electron chi connectivity index (χ3n) is 5.96. The largest absolute Gasteiger partial charge is 0.396 e. The van der Waals surface area contributed by atoms with Crippen LogP contribution in [0.4, 0.5) is 0 Å². The Balaban J connectivity index is 1.85. The van der Waals surface area contributed by atoms with E-state index in [-0.39, 0.29) is 17.9 Å². The maximum absolute atomic E-state index is 11.1. The first-order valence-corrected chi connectivity index (χ1v) is 7.47. The molecular formula is C17H24O2. The number of hydrogen-bond acceptors (Lipinski definition) is 2. The van der Waals surface area contributed by atoms with Crippen molar-refractivity contribution in [3.05, 3.63) is 35.9 Å². The van der Waals surface area contributed by atoms with Crippen molar-refractivity contribution in [2.75, 3.05) is 6.61 Å². The zero-order valence-corrected chi connectivity index (χ0v) is 11.7. The van der Waals surface area contributed by atoms with Crippen molar-refractivity contribution in [3.63, 3.8) is 0 Å². The van der Waals surface area contributed by atoms with Crippen LogP contribution in [0.1, 0.15) is 50.5 Å². The molecule has 2 nitrogen and oxygen atoms in total. The summed E-state index contributed by atoms with van der Waals surface area (Å²) in [6.45, 7) is 2.40. The van der Waals surface area contributed by atoms with Crippen molar-refractivity contribution < 1.29 is 10.2 Å². The molecule has 1 aromatic rings. The van der Waals surface area contributed by atoms with Gasteiger partial charge in [0.2, 0.25) is 0 Å². The molecule has 0 amide bonds. The van der Waals surface area contributed by atoms with Gasteiger partial charge in [-0.05, 0) is 49.5 Å². The van der Waals surface area contributed by atoms with Gasteiger partial charge >= 0.3 is 0 Å². The molecule has 19 heavy (non-hydrogen) atoms. The molecule has 3 rings (SSSR count). The number of hydrogen-bond donors (Lipinski definition) is 2. The first-order valence-electron chi connectivity index (χ1n) is 7.47. The molecule has 104 valence electrons. The van der Waals surface area contributed by atoms with Crippen LogP contribution in [0.25, 0.3) is 0 Å². The quantitative estimate of drug-likeness (QED) is 0.858. The lowest BCUT2D eigenvalue weighted by molar-refractivity contribution is -0.110. The van der Waals surface area contributed by atoms with Crippen LogP contribution in [0, 0.1) is 11.3 Å². The van der Waals surface area contributed by atoms with E-state index in [9.17, 15) is 10.2 Å². The molecule has 0 radical (unpaired) electrons. The van der Waals surface area contributed by atoms with Gasteiger partial charge in [0.25, 0.3) is 0 Å². The molecule has 2 saturated carbocycles. The van der Waals surface area contributed by atoms with Gasteiger partial charge in [-0.1, -0.05) is 37.3 Å². The van der Waals surface area contributed by atoms with Crippen LogP contribution < -0.4 is 0 Å². The first-order chi connectivity index (χ1) is 9.09. The second kappa shape index (κ2) is 4.60. The zero-order chi connectivity index (χ0) is 13.5. The second-order valence-electron chi connectivity index (χ2n) is 6.72. The fraction of sp³-hybridized carbons (Fsp3) is 0.647. The van der Waals surface area contributed by atoms with Crippen LogP contribution in [0.2, 0.25) is 0 Å². The Kier molecular flexibility index (Phi) is 3.18. The van der Waals surface area contributed by atoms with Gasteiger partial charge in [-0.25, -0.2) is 0 Å². The Morgan fingerprint density at radius 3 is 2.58 bits per heavy atom. The molecule has 0 saturated heterocycles. The van der Waals surface area contributed by atoms with Crippen molar-refractivity contribution >= 4 is 0 Å². The lowest BCUT2D eigenvalue weighted by Gasteiger charge is -2.49. The minimum atomic E-state index is -0.584. The highest BCUT2D eigenvalue weighted by molar-refractivity contribution is 5.23. The maximum atomic E-state index is 11.1. The zero-order valence-electron chi connectivity index (χ0n) is 11.7. The SMILES string of the molecule is C[C@]12CC[C@H](c3ccccc3)C[C@@]1(O)CC[C@@H]2CO. The Hall–Kier alpha value is -0.860. The van der Waals surface area contributed by atoms with E-state index in [4.69, 9.17) is 0 Å². The van der Waals surface area contributed by atoms with Gasteiger partial charge < -0.3 is 10.2 Å². The van der Waals surface area contributed by atoms with Gasteiger partial charge in [-0.3, -0.25) is 0 Å². The predicted molar refractivity (Wildman–Crippen MR) is 75.9 cm³/mol. The summed E-state index contributed by atoms with van der Waals surface area (Å²) in [4.78, 5) is 0. The van der Waals surface area contributed by atoms with E-state index in [1.807, 2.05) is 6.07 Å². The van der Waals surface area contributed by atoms with Gasteiger partial charge in [-0.2, -0.15) is 0 Å². The predicted octanol–water partition coefficient (Wildman–Crippen LogP) is 3.09. The minimum absolute atomic E-state index is 0.0902. The van der Waals surface area contributed by atoms with E-state index >= 15 is 0 Å². The molecule has 0 aliphatic heterocycles. The third-order valence-corrected chi connectivity index (χ3v) is 5.96. The van der Waals surface area contributed by atoms with Crippen LogP contribution in [0.5, 0.6) is 0 Å². The highest BCUT2D eigenvalue weighted by Crippen LogP contribution is 2.60. The Labute approximate surface area is 115 Å². The molecular weight excluding hydrogens is 236 g/mol. The summed E-state index contributed by atoms with van der Waals surface area (Å²) in [5.74, 6) is 0.742. The monoisotopic (exact) mass is 260 g/mol. The van der Waals surface area contributed by atoms with Gasteiger partial charge in [-0.15, -0.1) is 0 Å². The van der Waals surface area contributed by atoms with Crippen LogP contribution in [0.3, 0.4) is 0 Å². The van der Waals surface area contributed by atoms with Crippen molar-refractivity contribution in [1.29, 1.82) is 0 Å². The Morgan fingerprint density at radius 2 is 1.89 bits per heavy atom. The molecule has 2 heteroatoms. The summed E-state index contributed by atoms with van der Waals surface area (Å²) in [6, 6.07) is 10.6. The molecule has 2 aliphatic rings. The molecule has 0 spiro atoms. The van der Waals surface area contributed by atoms with Crippen LogP contribution in [-0.4, -0.2) is 22.4 Å². The summed E-state index contributed by atoms with van der Waals surface area (Å²) < 4.78 is 0. The summed E-state index contributed by atoms with van der Waals surface area (Å²) in [7, 11) is 0.